The Balaban J connectivity index is 1.48. The van der Waals surface area contributed by atoms with Crippen LogP contribution in [-0.2, 0) is 17.8 Å². The molecule has 150 valence electrons. The van der Waals surface area contributed by atoms with E-state index < -0.39 is 0 Å². The average Bonchev–Trinajstić information content (AvgIpc) is 2.90. The second kappa shape index (κ2) is 9.05. The number of amides is 1. The fraction of sp³-hybridized carbons (Fsp3) is 0.727. The van der Waals surface area contributed by atoms with Gasteiger partial charge in [-0.05, 0) is 77.4 Å². The summed E-state index contributed by atoms with van der Waals surface area (Å²) in [4.78, 5) is 15.1. The summed E-state index contributed by atoms with van der Waals surface area (Å²) < 4.78 is 2.00. The molecule has 0 spiro atoms. The standard InChI is InChI=1S/C22H36N4O/c1-16(2)15-26-18(4)20(17(3)24-26)10-11-22(27)23-14-19-8-7-13-25-12-6-5-9-21(19)25/h19,21H,1,5-15H2,2-4H3,(H,23,27)/t19-,21+/m0/s1. The summed E-state index contributed by atoms with van der Waals surface area (Å²) in [6.07, 6.45) is 7.83. The van der Waals surface area contributed by atoms with Gasteiger partial charge in [0.1, 0.15) is 0 Å². The first-order valence-corrected chi connectivity index (χ1v) is 10.6. The van der Waals surface area contributed by atoms with Gasteiger partial charge in [-0.2, -0.15) is 5.10 Å². The Kier molecular flexibility index (Phi) is 6.74. The van der Waals surface area contributed by atoms with Gasteiger partial charge in [-0.1, -0.05) is 18.6 Å². The molecule has 0 bridgehead atoms. The predicted octanol–water partition coefficient (Wildman–Crippen LogP) is 3.39. The third-order valence-corrected chi connectivity index (χ3v) is 6.34. The highest BCUT2D eigenvalue weighted by Crippen LogP contribution is 2.30. The molecule has 3 rings (SSSR count). The number of piperidine rings is 2. The van der Waals surface area contributed by atoms with Crippen molar-refractivity contribution in [2.45, 2.75) is 78.3 Å². The van der Waals surface area contributed by atoms with Crippen molar-refractivity contribution in [2.75, 3.05) is 19.6 Å². The zero-order chi connectivity index (χ0) is 19.4. The van der Waals surface area contributed by atoms with Gasteiger partial charge in [0.2, 0.25) is 5.91 Å². The van der Waals surface area contributed by atoms with Crippen LogP contribution in [0.3, 0.4) is 0 Å². The Morgan fingerprint density at radius 3 is 2.78 bits per heavy atom. The lowest BCUT2D eigenvalue weighted by Gasteiger charge is -2.44. The number of carbonyl (C=O) groups is 1. The molecule has 2 aliphatic rings. The van der Waals surface area contributed by atoms with Crippen molar-refractivity contribution in [3.63, 3.8) is 0 Å². The lowest BCUT2D eigenvalue weighted by molar-refractivity contribution is -0.121. The lowest BCUT2D eigenvalue weighted by atomic mass is 9.83. The fourth-order valence-corrected chi connectivity index (χ4v) is 4.89. The maximum atomic E-state index is 12.5. The van der Waals surface area contributed by atoms with E-state index in [0.29, 0.717) is 18.4 Å². The quantitative estimate of drug-likeness (QED) is 0.747. The van der Waals surface area contributed by atoms with E-state index in [0.717, 1.165) is 36.5 Å². The molecule has 2 aliphatic heterocycles. The topological polar surface area (TPSA) is 50.2 Å². The summed E-state index contributed by atoms with van der Waals surface area (Å²) in [5, 5.41) is 7.84. The van der Waals surface area contributed by atoms with Gasteiger partial charge in [0.15, 0.2) is 0 Å². The maximum absolute atomic E-state index is 12.5. The van der Waals surface area contributed by atoms with Crippen LogP contribution in [-0.4, -0.2) is 46.3 Å². The first kappa shape index (κ1) is 20.1. The van der Waals surface area contributed by atoms with E-state index in [-0.39, 0.29) is 5.91 Å². The molecule has 0 radical (unpaired) electrons. The van der Waals surface area contributed by atoms with Gasteiger partial charge in [0.05, 0.1) is 12.2 Å². The van der Waals surface area contributed by atoms with E-state index in [9.17, 15) is 4.79 Å². The fourth-order valence-electron chi connectivity index (χ4n) is 4.89. The van der Waals surface area contributed by atoms with Gasteiger partial charge in [-0.3, -0.25) is 9.48 Å². The molecule has 0 aliphatic carbocycles. The van der Waals surface area contributed by atoms with E-state index in [4.69, 9.17) is 0 Å². The van der Waals surface area contributed by atoms with Gasteiger partial charge < -0.3 is 10.2 Å². The number of nitrogens with zero attached hydrogens (tertiary/aromatic N) is 3. The van der Waals surface area contributed by atoms with Crippen molar-refractivity contribution >= 4 is 5.91 Å². The molecule has 1 amide bonds. The minimum absolute atomic E-state index is 0.175. The highest BCUT2D eigenvalue weighted by atomic mass is 16.1. The summed E-state index contributed by atoms with van der Waals surface area (Å²) in [5.41, 5.74) is 4.50. The molecule has 27 heavy (non-hydrogen) atoms. The van der Waals surface area contributed by atoms with Gasteiger partial charge >= 0.3 is 0 Å². The smallest absolute Gasteiger partial charge is 0.220 e. The molecular weight excluding hydrogens is 336 g/mol. The van der Waals surface area contributed by atoms with Crippen molar-refractivity contribution in [3.05, 3.63) is 29.1 Å². The Bertz CT molecular complexity index is 676. The van der Waals surface area contributed by atoms with Crippen LogP contribution >= 0.6 is 0 Å². The van der Waals surface area contributed by atoms with Gasteiger partial charge in [0, 0.05) is 24.7 Å². The van der Waals surface area contributed by atoms with E-state index in [2.05, 4.69) is 28.8 Å². The number of fused-ring (bicyclic) bond motifs is 1. The number of allylic oxidation sites excluding steroid dienone is 1. The number of hydrogen-bond acceptors (Lipinski definition) is 3. The van der Waals surface area contributed by atoms with E-state index in [1.54, 1.807) is 0 Å². The minimum atomic E-state index is 0.175. The monoisotopic (exact) mass is 372 g/mol. The molecule has 0 saturated carbocycles. The SMILES string of the molecule is C=C(C)Cn1nc(C)c(CCC(=O)NC[C@@H]2CCCN3CCCC[C@H]23)c1C. The van der Waals surface area contributed by atoms with E-state index in [1.807, 2.05) is 18.5 Å². The minimum Gasteiger partial charge on any atom is -0.356 e. The number of aromatic nitrogens is 2. The average molecular weight is 373 g/mol. The number of nitrogens with one attached hydrogen (secondary N) is 1. The highest BCUT2D eigenvalue weighted by Gasteiger charge is 2.32. The molecule has 1 aromatic rings. The second-order valence-electron chi connectivity index (χ2n) is 8.57. The third kappa shape index (κ3) is 5.01. The molecule has 1 aromatic heterocycles. The van der Waals surface area contributed by atoms with Crippen LogP contribution in [0.25, 0.3) is 0 Å². The molecule has 2 saturated heterocycles. The summed E-state index contributed by atoms with van der Waals surface area (Å²) in [6, 6.07) is 0.692. The number of hydrogen-bond donors (Lipinski definition) is 1. The first-order chi connectivity index (χ1) is 13.0. The number of carbonyl (C=O) groups excluding carboxylic acids is 1. The zero-order valence-corrected chi connectivity index (χ0v) is 17.4. The summed E-state index contributed by atoms with van der Waals surface area (Å²) >= 11 is 0. The Morgan fingerprint density at radius 2 is 2.00 bits per heavy atom. The summed E-state index contributed by atoms with van der Waals surface area (Å²) in [7, 11) is 0. The van der Waals surface area contributed by atoms with Crippen LogP contribution in [0, 0.1) is 19.8 Å². The molecule has 0 aromatic carbocycles. The Morgan fingerprint density at radius 1 is 1.22 bits per heavy atom. The van der Waals surface area contributed by atoms with Gasteiger partial charge in [0.25, 0.3) is 0 Å². The number of rotatable bonds is 7. The summed E-state index contributed by atoms with van der Waals surface area (Å²) in [6.45, 7) is 14.2. The van der Waals surface area contributed by atoms with E-state index in [1.165, 1.54) is 50.8 Å². The highest BCUT2D eigenvalue weighted by molar-refractivity contribution is 5.76. The molecule has 5 nitrogen and oxygen atoms in total. The molecule has 5 heteroatoms. The van der Waals surface area contributed by atoms with Crippen LogP contribution in [0.4, 0.5) is 0 Å². The molecule has 1 N–H and O–H groups in total. The van der Waals surface area contributed by atoms with Crippen LogP contribution in [0.15, 0.2) is 12.2 Å². The van der Waals surface area contributed by atoms with Crippen LogP contribution in [0.1, 0.15) is 62.4 Å². The van der Waals surface area contributed by atoms with Crippen molar-refractivity contribution in [1.29, 1.82) is 0 Å². The normalized spacial score (nSPS) is 23.1. The third-order valence-electron chi connectivity index (χ3n) is 6.34. The van der Waals surface area contributed by atoms with Gasteiger partial charge in [-0.15, -0.1) is 0 Å². The largest absolute Gasteiger partial charge is 0.356 e. The maximum Gasteiger partial charge on any atom is 0.220 e. The second-order valence-corrected chi connectivity index (χ2v) is 8.57. The van der Waals surface area contributed by atoms with Crippen molar-refractivity contribution in [3.8, 4) is 0 Å². The van der Waals surface area contributed by atoms with Crippen LogP contribution < -0.4 is 5.32 Å². The van der Waals surface area contributed by atoms with Crippen molar-refractivity contribution < 1.29 is 4.79 Å². The van der Waals surface area contributed by atoms with Gasteiger partial charge in [-0.25, -0.2) is 0 Å². The Labute approximate surface area is 164 Å². The van der Waals surface area contributed by atoms with Crippen molar-refractivity contribution in [1.82, 2.24) is 20.0 Å². The zero-order valence-electron chi connectivity index (χ0n) is 17.4. The Hall–Kier alpha value is -1.62. The molecule has 2 fully saturated rings. The molecule has 0 unspecified atom stereocenters. The number of aryl methyl sites for hydroxylation is 1. The predicted molar refractivity (Wildman–Crippen MR) is 110 cm³/mol. The van der Waals surface area contributed by atoms with E-state index >= 15 is 0 Å². The van der Waals surface area contributed by atoms with Crippen LogP contribution in [0.2, 0.25) is 0 Å². The molecule has 3 heterocycles. The first-order valence-electron chi connectivity index (χ1n) is 10.6. The molecule has 2 atom stereocenters. The summed E-state index contributed by atoms with van der Waals surface area (Å²) in [5.74, 6) is 0.805. The lowest BCUT2D eigenvalue weighted by Crippen LogP contribution is -2.51. The van der Waals surface area contributed by atoms with Crippen molar-refractivity contribution in [2.24, 2.45) is 5.92 Å². The molecular formula is C22H36N4O. The van der Waals surface area contributed by atoms with Crippen LogP contribution in [0.5, 0.6) is 0 Å².